The number of hydrogen-bond acceptors (Lipinski definition) is 6. The van der Waals surface area contributed by atoms with Gasteiger partial charge < -0.3 is 19.3 Å². The fraction of sp³-hybridized carbons (Fsp3) is 0.419. The van der Waals surface area contributed by atoms with Crippen LogP contribution in [0.4, 0.5) is 5.69 Å². The Labute approximate surface area is 234 Å². The van der Waals surface area contributed by atoms with E-state index in [9.17, 15) is 19.5 Å². The zero-order chi connectivity index (χ0) is 28.1. The summed E-state index contributed by atoms with van der Waals surface area (Å²) in [6.45, 7) is 4.16. The smallest absolute Gasteiger partial charge is 0.308 e. The summed E-state index contributed by atoms with van der Waals surface area (Å²) in [5, 5.41) is 10.5. The number of nitrogens with zero attached hydrogens (tertiary/aromatic N) is 4. The minimum absolute atomic E-state index is 0.0846. The van der Waals surface area contributed by atoms with Crippen molar-refractivity contribution in [3.8, 4) is 5.75 Å². The number of hydrogen-bond donors (Lipinski definition) is 1. The lowest BCUT2D eigenvalue weighted by Crippen LogP contribution is -2.45. The normalized spacial score (nSPS) is 20.2. The number of aliphatic carboxylic acids is 1. The van der Waals surface area contributed by atoms with Gasteiger partial charge in [0.2, 0.25) is 11.5 Å². The SMILES string of the molecule is CCCCN(C(=O)CN1CC(c2ccc3c(c2)CCO3)C(C(=O)O)C1CCn1ccccc1=O)c1cccnc1. The lowest BCUT2D eigenvalue weighted by atomic mass is 9.83. The van der Waals surface area contributed by atoms with Gasteiger partial charge >= 0.3 is 5.97 Å². The molecular weight excluding hydrogens is 508 g/mol. The van der Waals surface area contributed by atoms with Gasteiger partial charge in [0.25, 0.3) is 0 Å². The number of carboxylic acids is 1. The van der Waals surface area contributed by atoms with Gasteiger partial charge in [-0.1, -0.05) is 31.5 Å². The van der Waals surface area contributed by atoms with Crippen LogP contribution in [0.25, 0.3) is 0 Å². The fourth-order valence-corrected chi connectivity index (χ4v) is 6.03. The number of ether oxygens (including phenoxy) is 1. The molecule has 3 atom stereocenters. The van der Waals surface area contributed by atoms with Crippen LogP contribution < -0.4 is 15.2 Å². The highest BCUT2D eigenvalue weighted by Gasteiger charge is 2.47. The van der Waals surface area contributed by atoms with Gasteiger partial charge in [-0.05, 0) is 48.2 Å². The van der Waals surface area contributed by atoms with Gasteiger partial charge in [-0.3, -0.25) is 24.3 Å². The number of carboxylic acid groups (broad SMARTS) is 1. The molecule has 9 nitrogen and oxygen atoms in total. The van der Waals surface area contributed by atoms with Crippen LogP contribution in [0.5, 0.6) is 5.75 Å². The Morgan fingerprint density at radius 2 is 2.05 bits per heavy atom. The van der Waals surface area contributed by atoms with E-state index in [0.717, 1.165) is 41.8 Å². The molecule has 3 aromatic rings. The van der Waals surface area contributed by atoms with Gasteiger partial charge in [0.05, 0.1) is 31.0 Å². The molecule has 2 aliphatic heterocycles. The molecule has 1 N–H and O–H groups in total. The number of carbonyl (C=O) groups is 2. The molecule has 3 unspecified atom stereocenters. The summed E-state index contributed by atoms with van der Waals surface area (Å²) in [4.78, 5) is 47.0. The molecule has 9 heteroatoms. The molecule has 0 radical (unpaired) electrons. The summed E-state index contributed by atoms with van der Waals surface area (Å²) >= 11 is 0. The van der Waals surface area contributed by atoms with E-state index in [0.29, 0.717) is 32.7 Å². The van der Waals surface area contributed by atoms with Gasteiger partial charge in [-0.25, -0.2) is 0 Å². The molecule has 210 valence electrons. The Kier molecular flexibility index (Phi) is 8.60. The second-order valence-corrected chi connectivity index (χ2v) is 10.6. The molecule has 0 spiro atoms. The average Bonchev–Trinajstić information content (AvgIpc) is 3.57. The minimum Gasteiger partial charge on any atom is -0.493 e. The average molecular weight is 545 g/mol. The molecular formula is C31H36N4O5. The predicted molar refractivity (Wildman–Crippen MR) is 152 cm³/mol. The van der Waals surface area contributed by atoms with Crippen LogP contribution in [-0.2, 0) is 22.6 Å². The number of aryl methyl sites for hydroxylation is 1. The van der Waals surface area contributed by atoms with Gasteiger partial charge in [0.1, 0.15) is 5.75 Å². The van der Waals surface area contributed by atoms with Crippen molar-refractivity contribution in [2.24, 2.45) is 5.92 Å². The lowest BCUT2D eigenvalue weighted by Gasteiger charge is -2.29. The Balaban J connectivity index is 1.45. The molecule has 5 rings (SSSR count). The third-order valence-corrected chi connectivity index (χ3v) is 8.07. The number of carbonyl (C=O) groups excluding carboxylic acids is 1. The van der Waals surface area contributed by atoms with Crippen molar-refractivity contribution in [3.05, 3.63) is 88.6 Å². The van der Waals surface area contributed by atoms with Crippen molar-refractivity contribution in [1.29, 1.82) is 0 Å². The fourth-order valence-electron chi connectivity index (χ4n) is 6.03. The van der Waals surface area contributed by atoms with E-state index in [-0.39, 0.29) is 23.9 Å². The molecule has 4 heterocycles. The highest BCUT2D eigenvalue weighted by atomic mass is 16.5. The summed E-state index contributed by atoms with van der Waals surface area (Å²) in [5.41, 5.74) is 2.64. The second kappa shape index (κ2) is 12.5. The van der Waals surface area contributed by atoms with Crippen molar-refractivity contribution in [2.75, 3.05) is 31.1 Å². The van der Waals surface area contributed by atoms with Crippen molar-refractivity contribution in [1.82, 2.24) is 14.5 Å². The van der Waals surface area contributed by atoms with Crippen LogP contribution in [0.1, 0.15) is 43.2 Å². The first kappa shape index (κ1) is 27.6. The molecule has 0 bridgehead atoms. The largest absolute Gasteiger partial charge is 0.493 e. The van der Waals surface area contributed by atoms with Crippen LogP contribution in [0.2, 0.25) is 0 Å². The molecule has 1 fully saturated rings. The van der Waals surface area contributed by atoms with Crippen molar-refractivity contribution < 1.29 is 19.4 Å². The highest BCUT2D eigenvalue weighted by molar-refractivity contribution is 5.94. The molecule has 0 saturated carbocycles. The van der Waals surface area contributed by atoms with Crippen molar-refractivity contribution in [2.45, 2.75) is 51.1 Å². The Morgan fingerprint density at radius 1 is 1.18 bits per heavy atom. The van der Waals surface area contributed by atoms with E-state index in [2.05, 4.69) is 18.0 Å². The van der Waals surface area contributed by atoms with E-state index in [1.165, 1.54) is 6.07 Å². The topological polar surface area (TPSA) is 105 Å². The minimum atomic E-state index is -0.891. The van der Waals surface area contributed by atoms with E-state index >= 15 is 0 Å². The Hall–Kier alpha value is -3.98. The molecule has 2 aromatic heterocycles. The van der Waals surface area contributed by atoms with Gasteiger partial charge in [-0.15, -0.1) is 0 Å². The van der Waals surface area contributed by atoms with E-state index in [1.54, 1.807) is 40.2 Å². The maximum atomic E-state index is 13.8. The van der Waals surface area contributed by atoms with E-state index < -0.39 is 17.9 Å². The van der Waals surface area contributed by atoms with Gasteiger partial charge in [0, 0.05) is 56.5 Å². The first-order valence-corrected chi connectivity index (χ1v) is 14.0. The number of pyridine rings is 2. The standard InChI is InChI=1S/C31H36N4O5/c1-2-3-15-35(24-7-6-13-32-19-24)29(37)21-34-20-25(22-9-10-27-23(18-22)12-17-40-27)30(31(38)39)26(34)11-16-33-14-5-4-8-28(33)36/h4-10,13-14,18-19,25-26,30H,2-3,11-12,15-17,20-21H2,1H3,(H,38,39). The highest BCUT2D eigenvalue weighted by Crippen LogP contribution is 2.41. The number of fused-ring (bicyclic) bond motifs is 1. The number of likely N-dealkylation sites (tertiary alicyclic amines) is 1. The number of benzene rings is 1. The number of aromatic nitrogens is 2. The van der Waals surface area contributed by atoms with Gasteiger partial charge in [0.15, 0.2) is 0 Å². The summed E-state index contributed by atoms with van der Waals surface area (Å²) in [7, 11) is 0. The quantitative estimate of drug-likeness (QED) is 0.394. The predicted octanol–water partition coefficient (Wildman–Crippen LogP) is 3.57. The zero-order valence-electron chi connectivity index (χ0n) is 22.8. The van der Waals surface area contributed by atoms with E-state index in [4.69, 9.17) is 4.74 Å². The number of rotatable bonds is 11. The molecule has 1 amide bonds. The second-order valence-electron chi connectivity index (χ2n) is 10.6. The maximum Gasteiger partial charge on any atom is 0.308 e. The summed E-state index contributed by atoms with van der Waals surface area (Å²) in [5.74, 6) is -1.15. The Bertz CT molecular complexity index is 1390. The van der Waals surface area contributed by atoms with Crippen LogP contribution in [0.3, 0.4) is 0 Å². The summed E-state index contributed by atoms with van der Waals surface area (Å²) < 4.78 is 7.27. The van der Waals surface area contributed by atoms with Gasteiger partial charge in [-0.2, -0.15) is 0 Å². The maximum absolute atomic E-state index is 13.8. The third kappa shape index (κ3) is 5.94. The lowest BCUT2D eigenvalue weighted by molar-refractivity contribution is -0.143. The first-order valence-electron chi connectivity index (χ1n) is 14.0. The van der Waals surface area contributed by atoms with Crippen molar-refractivity contribution in [3.63, 3.8) is 0 Å². The summed E-state index contributed by atoms with van der Waals surface area (Å²) in [6.07, 6.45) is 8.10. The van der Waals surface area contributed by atoms with Crippen LogP contribution >= 0.6 is 0 Å². The molecule has 1 saturated heterocycles. The van der Waals surface area contributed by atoms with Crippen LogP contribution in [0.15, 0.2) is 71.9 Å². The molecule has 1 aromatic carbocycles. The molecule has 40 heavy (non-hydrogen) atoms. The van der Waals surface area contributed by atoms with E-state index in [1.807, 2.05) is 29.2 Å². The molecule has 2 aliphatic rings. The first-order chi connectivity index (χ1) is 19.5. The Morgan fingerprint density at radius 3 is 2.80 bits per heavy atom. The number of anilines is 1. The van der Waals surface area contributed by atoms with Crippen LogP contribution in [0, 0.1) is 5.92 Å². The monoisotopic (exact) mass is 544 g/mol. The molecule has 0 aliphatic carbocycles. The summed E-state index contributed by atoms with van der Waals surface area (Å²) in [6, 6.07) is 14.2. The number of unbranched alkanes of at least 4 members (excludes halogenated alkanes) is 1. The zero-order valence-corrected chi connectivity index (χ0v) is 22.8. The van der Waals surface area contributed by atoms with Crippen LogP contribution in [-0.4, -0.2) is 63.7 Å². The van der Waals surface area contributed by atoms with Crippen molar-refractivity contribution >= 4 is 17.6 Å². The number of amides is 1. The third-order valence-electron chi connectivity index (χ3n) is 8.07.